The molecule has 0 spiro atoms. The average molecular weight is 391 g/mol. The van der Waals surface area contributed by atoms with E-state index in [9.17, 15) is 4.79 Å². The summed E-state index contributed by atoms with van der Waals surface area (Å²) < 4.78 is 7.58. The highest BCUT2D eigenvalue weighted by atomic mass is 35.5. The number of nitrogens with one attached hydrogen (secondary N) is 1. The van der Waals surface area contributed by atoms with E-state index < -0.39 is 0 Å². The maximum absolute atomic E-state index is 12.3. The number of carbonyl (C=O) groups excluding carboxylic acids is 1. The van der Waals surface area contributed by atoms with E-state index in [0.29, 0.717) is 17.4 Å². The quantitative estimate of drug-likeness (QED) is 0.657. The van der Waals surface area contributed by atoms with Crippen LogP contribution in [0.4, 0.5) is 0 Å². The van der Waals surface area contributed by atoms with Crippen molar-refractivity contribution < 1.29 is 9.53 Å². The molecule has 0 saturated heterocycles. The third kappa shape index (κ3) is 3.76. The Kier molecular flexibility index (Phi) is 4.83. The molecule has 4 nitrogen and oxygen atoms in total. The van der Waals surface area contributed by atoms with Gasteiger partial charge in [0.2, 0.25) is 5.91 Å². The molecule has 0 saturated carbocycles. The van der Waals surface area contributed by atoms with Crippen LogP contribution < -0.4 is 10.1 Å². The molecule has 0 aliphatic carbocycles. The molecule has 1 atom stereocenters. The summed E-state index contributed by atoms with van der Waals surface area (Å²) in [6.45, 7) is 0.619. The molecule has 0 unspecified atom stereocenters. The number of thiazole rings is 1. The number of rotatable bonds is 4. The zero-order valence-electron chi connectivity index (χ0n) is 13.2. The molecule has 128 valence electrons. The van der Waals surface area contributed by atoms with Crippen molar-refractivity contribution in [3.8, 4) is 5.75 Å². The summed E-state index contributed by atoms with van der Waals surface area (Å²) in [6, 6.07) is 13.5. The lowest BCUT2D eigenvalue weighted by Gasteiger charge is -2.26. The fourth-order valence-corrected chi connectivity index (χ4v) is 4.82. The summed E-state index contributed by atoms with van der Waals surface area (Å²) in [7, 11) is 0. The average Bonchev–Trinajstić information content (AvgIpc) is 3.02. The Balaban J connectivity index is 1.39. The molecule has 3 aromatic rings. The highest BCUT2D eigenvalue weighted by Crippen LogP contribution is 2.33. The van der Waals surface area contributed by atoms with E-state index in [2.05, 4.69) is 10.3 Å². The van der Waals surface area contributed by atoms with Gasteiger partial charge in [-0.25, -0.2) is 4.98 Å². The minimum atomic E-state index is 0.00370. The minimum absolute atomic E-state index is 0.00370. The number of para-hydroxylation sites is 1. The predicted octanol–water partition coefficient (Wildman–Crippen LogP) is 4.68. The molecule has 1 N–H and O–H groups in total. The number of ether oxygens (including phenoxy) is 1. The van der Waals surface area contributed by atoms with Gasteiger partial charge in [0.15, 0.2) is 4.34 Å². The van der Waals surface area contributed by atoms with Crippen molar-refractivity contribution in [1.82, 2.24) is 10.3 Å². The minimum Gasteiger partial charge on any atom is -0.493 e. The summed E-state index contributed by atoms with van der Waals surface area (Å²) in [5.74, 6) is 1.20. The van der Waals surface area contributed by atoms with E-state index in [1.807, 2.05) is 42.5 Å². The Hall–Kier alpha value is -1.76. The second-order valence-corrected chi connectivity index (χ2v) is 8.37. The standard InChI is InChI=1S/C18H15ClN2O2S2/c19-11-5-6-16-14(9-11)21-18(25-16)24-10-17(22)20-13-7-8-23-15-4-2-1-3-12(13)15/h1-6,9,13H,7-8,10H2,(H,20,22)/t13-/m0/s1. The first-order valence-electron chi connectivity index (χ1n) is 7.89. The largest absolute Gasteiger partial charge is 0.493 e. The van der Waals surface area contributed by atoms with Crippen molar-refractivity contribution in [1.29, 1.82) is 0 Å². The topological polar surface area (TPSA) is 51.2 Å². The Morgan fingerprint density at radius 1 is 1.36 bits per heavy atom. The fraction of sp³-hybridized carbons (Fsp3) is 0.222. The second kappa shape index (κ2) is 7.23. The molecule has 0 fully saturated rings. The Morgan fingerprint density at radius 2 is 2.24 bits per heavy atom. The highest BCUT2D eigenvalue weighted by Gasteiger charge is 2.22. The lowest BCUT2D eigenvalue weighted by Crippen LogP contribution is -2.33. The van der Waals surface area contributed by atoms with Crippen LogP contribution in [-0.2, 0) is 4.79 Å². The van der Waals surface area contributed by atoms with Gasteiger partial charge in [-0.3, -0.25) is 4.79 Å². The van der Waals surface area contributed by atoms with E-state index in [-0.39, 0.29) is 11.9 Å². The van der Waals surface area contributed by atoms with E-state index >= 15 is 0 Å². The molecular weight excluding hydrogens is 376 g/mol. The SMILES string of the molecule is O=C(CSc1nc2cc(Cl)ccc2s1)N[C@H]1CCOc2ccccc21. The van der Waals surface area contributed by atoms with Gasteiger partial charge >= 0.3 is 0 Å². The van der Waals surface area contributed by atoms with Crippen molar-refractivity contribution in [3.05, 3.63) is 53.1 Å². The molecule has 7 heteroatoms. The van der Waals surface area contributed by atoms with Crippen molar-refractivity contribution >= 4 is 50.8 Å². The van der Waals surface area contributed by atoms with E-state index in [4.69, 9.17) is 16.3 Å². The molecular formula is C18H15ClN2O2S2. The number of benzene rings is 2. The number of thioether (sulfide) groups is 1. The summed E-state index contributed by atoms with van der Waals surface area (Å²) in [5, 5.41) is 3.78. The molecule has 0 radical (unpaired) electrons. The zero-order valence-corrected chi connectivity index (χ0v) is 15.6. The molecule has 1 aliphatic heterocycles. The van der Waals surface area contributed by atoms with Gasteiger partial charge in [0, 0.05) is 17.0 Å². The number of nitrogens with zero attached hydrogens (tertiary/aromatic N) is 1. The van der Waals surface area contributed by atoms with Gasteiger partial charge in [-0.05, 0) is 24.3 Å². The molecule has 0 bridgehead atoms. The number of amides is 1. The van der Waals surface area contributed by atoms with Gasteiger partial charge in [0.1, 0.15) is 5.75 Å². The van der Waals surface area contributed by atoms with Gasteiger partial charge in [0.05, 0.1) is 28.6 Å². The van der Waals surface area contributed by atoms with Crippen LogP contribution in [0.25, 0.3) is 10.2 Å². The fourth-order valence-electron chi connectivity index (χ4n) is 2.80. The molecule has 25 heavy (non-hydrogen) atoms. The van der Waals surface area contributed by atoms with Crippen LogP contribution in [0.2, 0.25) is 5.02 Å². The third-order valence-corrected chi connectivity index (χ3v) is 6.36. The Bertz CT molecular complexity index is 928. The van der Waals surface area contributed by atoms with Crippen molar-refractivity contribution in [2.45, 2.75) is 16.8 Å². The summed E-state index contributed by atoms with van der Waals surface area (Å²) in [4.78, 5) is 16.9. The lowest BCUT2D eigenvalue weighted by molar-refractivity contribution is -0.119. The van der Waals surface area contributed by atoms with Gasteiger partial charge in [-0.2, -0.15) is 0 Å². The van der Waals surface area contributed by atoms with Crippen LogP contribution in [0.5, 0.6) is 5.75 Å². The van der Waals surface area contributed by atoms with Crippen LogP contribution in [0, 0.1) is 0 Å². The van der Waals surface area contributed by atoms with Crippen LogP contribution in [-0.4, -0.2) is 23.3 Å². The molecule has 4 rings (SSSR count). The summed E-state index contributed by atoms with van der Waals surface area (Å²) in [5.41, 5.74) is 1.92. The second-order valence-electron chi connectivity index (χ2n) is 5.68. The smallest absolute Gasteiger partial charge is 0.230 e. The first-order chi connectivity index (χ1) is 12.2. The number of carbonyl (C=O) groups is 1. The van der Waals surface area contributed by atoms with E-state index in [1.54, 1.807) is 11.3 Å². The number of hydrogen-bond acceptors (Lipinski definition) is 5. The van der Waals surface area contributed by atoms with Gasteiger partial charge in [0.25, 0.3) is 0 Å². The Labute approximate surface area is 158 Å². The normalized spacial score (nSPS) is 16.3. The Morgan fingerprint density at radius 3 is 3.16 bits per heavy atom. The summed E-state index contributed by atoms with van der Waals surface area (Å²) in [6.07, 6.45) is 0.785. The number of fused-ring (bicyclic) bond motifs is 2. The van der Waals surface area contributed by atoms with Crippen LogP contribution in [0.1, 0.15) is 18.0 Å². The highest BCUT2D eigenvalue weighted by molar-refractivity contribution is 8.01. The zero-order chi connectivity index (χ0) is 17.2. The molecule has 2 aromatic carbocycles. The maximum atomic E-state index is 12.3. The third-order valence-electron chi connectivity index (χ3n) is 3.95. The van der Waals surface area contributed by atoms with Gasteiger partial charge in [-0.15, -0.1) is 11.3 Å². The number of hydrogen-bond donors (Lipinski definition) is 1. The number of aromatic nitrogens is 1. The maximum Gasteiger partial charge on any atom is 0.230 e. The monoisotopic (exact) mass is 390 g/mol. The number of halogens is 1. The first kappa shape index (κ1) is 16.7. The van der Waals surface area contributed by atoms with Crippen LogP contribution in [0.3, 0.4) is 0 Å². The molecule has 1 aliphatic rings. The van der Waals surface area contributed by atoms with Gasteiger partial charge < -0.3 is 10.1 Å². The van der Waals surface area contributed by atoms with Crippen LogP contribution in [0.15, 0.2) is 46.8 Å². The first-order valence-corrected chi connectivity index (χ1v) is 10.1. The molecule has 2 heterocycles. The van der Waals surface area contributed by atoms with E-state index in [1.165, 1.54) is 11.8 Å². The summed E-state index contributed by atoms with van der Waals surface area (Å²) >= 11 is 9.02. The van der Waals surface area contributed by atoms with Crippen LogP contribution >= 0.6 is 34.7 Å². The van der Waals surface area contributed by atoms with Gasteiger partial charge in [-0.1, -0.05) is 41.6 Å². The lowest BCUT2D eigenvalue weighted by atomic mass is 10.0. The van der Waals surface area contributed by atoms with Crippen molar-refractivity contribution in [2.24, 2.45) is 0 Å². The molecule has 1 amide bonds. The van der Waals surface area contributed by atoms with Crippen molar-refractivity contribution in [3.63, 3.8) is 0 Å². The predicted molar refractivity (Wildman–Crippen MR) is 103 cm³/mol. The molecule has 1 aromatic heterocycles. The van der Waals surface area contributed by atoms with Crippen molar-refractivity contribution in [2.75, 3.05) is 12.4 Å². The van der Waals surface area contributed by atoms with E-state index in [0.717, 1.165) is 32.3 Å².